The zero-order valence-corrected chi connectivity index (χ0v) is 12.9. The van der Waals surface area contributed by atoms with Crippen LogP contribution in [0.15, 0.2) is 18.2 Å². The van der Waals surface area contributed by atoms with Crippen molar-refractivity contribution in [3.63, 3.8) is 0 Å². The van der Waals surface area contributed by atoms with Crippen LogP contribution >= 0.6 is 27.5 Å². The van der Waals surface area contributed by atoms with Crippen molar-refractivity contribution >= 4 is 33.4 Å². The van der Waals surface area contributed by atoms with Crippen LogP contribution in [-0.4, -0.2) is 28.7 Å². The number of benzene rings is 1. The number of halogens is 3. The van der Waals surface area contributed by atoms with Crippen molar-refractivity contribution in [2.75, 3.05) is 11.9 Å². The Morgan fingerprint density at radius 1 is 1.47 bits per heavy atom. The fourth-order valence-electron chi connectivity index (χ4n) is 2.20. The molecule has 0 saturated heterocycles. The van der Waals surface area contributed by atoms with E-state index in [9.17, 15) is 9.18 Å². The van der Waals surface area contributed by atoms with E-state index >= 15 is 0 Å². The van der Waals surface area contributed by atoms with E-state index in [4.69, 9.17) is 11.6 Å². The Bertz CT molecular complexity index is 465. The van der Waals surface area contributed by atoms with Gasteiger partial charge in [0, 0.05) is 17.9 Å². The highest BCUT2D eigenvalue weighted by molar-refractivity contribution is 9.09. The molecular weight excluding hydrogens is 333 g/mol. The molecule has 19 heavy (non-hydrogen) atoms. The highest BCUT2D eigenvalue weighted by Crippen LogP contribution is 2.28. The lowest BCUT2D eigenvalue weighted by Crippen LogP contribution is -2.45. The van der Waals surface area contributed by atoms with Gasteiger partial charge in [-0.05, 0) is 43.9 Å². The predicted octanol–water partition coefficient (Wildman–Crippen LogP) is 4.26. The molecule has 5 heteroatoms. The first-order valence-corrected chi connectivity index (χ1v) is 7.95. The lowest BCUT2D eigenvalue weighted by Gasteiger charge is -2.37. The average molecular weight is 349 g/mol. The molecule has 0 aromatic heterocycles. The molecule has 0 heterocycles. The molecule has 0 aliphatic heterocycles. The maximum Gasteiger partial charge on any atom is 0.255 e. The number of hydrogen-bond acceptors (Lipinski definition) is 1. The summed E-state index contributed by atoms with van der Waals surface area (Å²) < 4.78 is 13.0. The molecule has 0 radical (unpaired) electrons. The molecule has 1 amide bonds. The smallest absolute Gasteiger partial charge is 0.255 e. The summed E-state index contributed by atoms with van der Waals surface area (Å²) in [5.41, 5.74) is 0.393. The van der Waals surface area contributed by atoms with Gasteiger partial charge < -0.3 is 4.90 Å². The molecule has 2 rings (SSSR count). The summed E-state index contributed by atoms with van der Waals surface area (Å²) in [5.74, 6) is -0.507. The summed E-state index contributed by atoms with van der Waals surface area (Å²) in [5, 5.41) is 1.05. The van der Waals surface area contributed by atoms with Gasteiger partial charge in [0.15, 0.2) is 0 Å². The van der Waals surface area contributed by atoms with Crippen molar-refractivity contribution in [3.8, 4) is 0 Å². The Labute approximate surface area is 126 Å². The van der Waals surface area contributed by atoms with Gasteiger partial charge in [-0.15, -0.1) is 0 Å². The molecule has 1 saturated carbocycles. The van der Waals surface area contributed by atoms with E-state index in [0.717, 1.165) is 24.6 Å². The SMILES string of the molecule is O=C(c1ccc(F)cc1Cl)N(CCCBr)C1CCC1. The maximum absolute atomic E-state index is 13.0. The summed E-state index contributed by atoms with van der Waals surface area (Å²) in [7, 11) is 0. The first-order chi connectivity index (χ1) is 9.13. The molecule has 0 unspecified atom stereocenters. The second-order valence-electron chi connectivity index (χ2n) is 4.75. The van der Waals surface area contributed by atoms with E-state index in [-0.39, 0.29) is 10.9 Å². The molecule has 0 atom stereocenters. The highest BCUT2D eigenvalue weighted by Gasteiger charge is 2.29. The van der Waals surface area contributed by atoms with E-state index in [1.54, 1.807) is 0 Å². The monoisotopic (exact) mass is 347 g/mol. The van der Waals surface area contributed by atoms with Crippen LogP contribution in [0, 0.1) is 5.82 Å². The number of rotatable bonds is 5. The van der Waals surface area contributed by atoms with Gasteiger partial charge >= 0.3 is 0 Å². The Kier molecular flexibility index (Phi) is 5.22. The molecule has 104 valence electrons. The fraction of sp³-hybridized carbons (Fsp3) is 0.500. The maximum atomic E-state index is 13.0. The number of carbonyl (C=O) groups is 1. The van der Waals surface area contributed by atoms with Crippen LogP contribution in [0.5, 0.6) is 0 Å². The third-order valence-corrected chi connectivity index (χ3v) is 4.34. The molecule has 2 nitrogen and oxygen atoms in total. The van der Waals surface area contributed by atoms with Crippen molar-refractivity contribution in [3.05, 3.63) is 34.6 Å². The Morgan fingerprint density at radius 2 is 2.21 bits per heavy atom. The second kappa shape index (κ2) is 6.71. The average Bonchev–Trinajstić information content (AvgIpc) is 2.31. The predicted molar refractivity (Wildman–Crippen MR) is 78.5 cm³/mol. The molecule has 1 aromatic rings. The van der Waals surface area contributed by atoms with Gasteiger partial charge in [0.1, 0.15) is 5.82 Å². The summed E-state index contributed by atoms with van der Waals surface area (Å²) in [6.07, 6.45) is 4.17. The van der Waals surface area contributed by atoms with Gasteiger partial charge in [-0.25, -0.2) is 4.39 Å². The van der Waals surface area contributed by atoms with Crippen LogP contribution in [0.2, 0.25) is 5.02 Å². The highest BCUT2D eigenvalue weighted by atomic mass is 79.9. The van der Waals surface area contributed by atoms with Crippen LogP contribution in [0.4, 0.5) is 4.39 Å². The van der Waals surface area contributed by atoms with Crippen LogP contribution in [0.1, 0.15) is 36.0 Å². The fourth-order valence-corrected chi connectivity index (χ4v) is 2.69. The number of alkyl halides is 1. The van der Waals surface area contributed by atoms with Crippen molar-refractivity contribution in [1.82, 2.24) is 4.90 Å². The van der Waals surface area contributed by atoms with Crippen molar-refractivity contribution in [2.24, 2.45) is 0 Å². The summed E-state index contributed by atoms with van der Waals surface area (Å²) in [6.45, 7) is 0.711. The van der Waals surface area contributed by atoms with Crippen LogP contribution in [-0.2, 0) is 0 Å². The first kappa shape index (κ1) is 14.8. The van der Waals surface area contributed by atoms with Gasteiger partial charge in [-0.1, -0.05) is 27.5 Å². The zero-order chi connectivity index (χ0) is 13.8. The molecule has 0 spiro atoms. The van der Waals surface area contributed by atoms with Crippen LogP contribution in [0.25, 0.3) is 0 Å². The quantitative estimate of drug-likeness (QED) is 0.728. The second-order valence-corrected chi connectivity index (χ2v) is 5.95. The molecule has 0 bridgehead atoms. The van der Waals surface area contributed by atoms with Gasteiger partial charge in [-0.3, -0.25) is 4.79 Å². The van der Waals surface area contributed by atoms with E-state index in [1.807, 2.05) is 4.90 Å². The van der Waals surface area contributed by atoms with E-state index in [0.29, 0.717) is 18.2 Å². The molecule has 1 aromatic carbocycles. The van der Waals surface area contributed by atoms with Crippen LogP contribution < -0.4 is 0 Å². The number of nitrogens with zero attached hydrogens (tertiary/aromatic N) is 1. The molecule has 1 fully saturated rings. The lowest BCUT2D eigenvalue weighted by atomic mass is 9.91. The molecule has 1 aliphatic rings. The number of hydrogen-bond donors (Lipinski definition) is 0. The third-order valence-electron chi connectivity index (χ3n) is 3.47. The Hall–Kier alpha value is -0.610. The third kappa shape index (κ3) is 3.48. The van der Waals surface area contributed by atoms with Crippen molar-refractivity contribution in [1.29, 1.82) is 0 Å². The number of amides is 1. The van der Waals surface area contributed by atoms with Crippen LogP contribution in [0.3, 0.4) is 0 Å². The number of carbonyl (C=O) groups excluding carboxylic acids is 1. The normalized spacial score (nSPS) is 15.1. The molecular formula is C14H16BrClFNO. The standard InChI is InChI=1S/C14H16BrClFNO/c15-7-2-8-18(11-3-1-4-11)14(19)12-6-5-10(17)9-13(12)16/h5-6,9,11H,1-4,7-8H2. The summed E-state index contributed by atoms with van der Waals surface area (Å²) in [6, 6.07) is 4.26. The van der Waals surface area contributed by atoms with Gasteiger partial charge in [-0.2, -0.15) is 0 Å². The molecule has 1 aliphatic carbocycles. The summed E-state index contributed by atoms with van der Waals surface area (Å²) in [4.78, 5) is 14.4. The van der Waals surface area contributed by atoms with Gasteiger partial charge in [0.05, 0.1) is 10.6 Å². The topological polar surface area (TPSA) is 20.3 Å². The minimum atomic E-state index is -0.419. The Balaban J connectivity index is 2.17. The minimum absolute atomic E-state index is 0.0874. The summed E-state index contributed by atoms with van der Waals surface area (Å²) >= 11 is 9.35. The minimum Gasteiger partial charge on any atom is -0.336 e. The molecule has 0 N–H and O–H groups in total. The Morgan fingerprint density at radius 3 is 2.74 bits per heavy atom. The first-order valence-electron chi connectivity index (χ1n) is 6.45. The van der Waals surface area contributed by atoms with E-state index in [1.165, 1.54) is 24.6 Å². The van der Waals surface area contributed by atoms with Crippen molar-refractivity contribution in [2.45, 2.75) is 31.7 Å². The van der Waals surface area contributed by atoms with E-state index < -0.39 is 5.82 Å². The van der Waals surface area contributed by atoms with E-state index in [2.05, 4.69) is 15.9 Å². The van der Waals surface area contributed by atoms with Gasteiger partial charge in [0.25, 0.3) is 5.91 Å². The lowest BCUT2D eigenvalue weighted by molar-refractivity contribution is 0.0581. The van der Waals surface area contributed by atoms with Crippen molar-refractivity contribution < 1.29 is 9.18 Å². The largest absolute Gasteiger partial charge is 0.336 e. The van der Waals surface area contributed by atoms with Gasteiger partial charge in [0.2, 0.25) is 0 Å². The zero-order valence-electron chi connectivity index (χ0n) is 10.5.